The van der Waals surface area contributed by atoms with E-state index in [-0.39, 0.29) is 5.41 Å². The zero-order valence-electron chi connectivity index (χ0n) is 29.3. The van der Waals surface area contributed by atoms with Crippen LogP contribution in [0, 0.1) is 0 Å². The fourth-order valence-electron chi connectivity index (χ4n) is 9.29. The molecule has 2 heteroatoms. The second kappa shape index (κ2) is 11.6. The van der Waals surface area contributed by atoms with Gasteiger partial charge in [0.2, 0.25) is 0 Å². The van der Waals surface area contributed by atoms with Crippen LogP contribution in [-0.2, 0) is 10.8 Å². The molecule has 0 spiro atoms. The van der Waals surface area contributed by atoms with Crippen LogP contribution in [0.3, 0.4) is 0 Å². The minimum Gasteiger partial charge on any atom is -0.456 e. The van der Waals surface area contributed by atoms with Gasteiger partial charge in [-0.2, -0.15) is 0 Å². The van der Waals surface area contributed by atoms with Gasteiger partial charge in [0, 0.05) is 33.2 Å². The summed E-state index contributed by atoms with van der Waals surface area (Å²) in [6.45, 7) is 4.87. The van der Waals surface area contributed by atoms with Crippen LogP contribution in [0.25, 0.3) is 43.8 Å². The number of anilines is 3. The van der Waals surface area contributed by atoms with Gasteiger partial charge in [0.1, 0.15) is 11.2 Å². The first-order valence-electron chi connectivity index (χ1n) is 18.1. The fourth-order valence-corrected chi connectivity index (χ4v) is 9.29. The van der Waals surface area contributed by atoms with Crippen LogP contribution in [0.1, 0.15) is 36.1 Å². The van der Waals surface area contributed by atoms with Crippen LogP contribution in [0.4, 0.5) is 17.1 Å². The maximum absolute atomic E-state index is 6.56. The van der Waals surface area contributed by atoms with Crippen LogP contribution >= 0.6 is 0 Å². The normalized spacial score (nSPS) is 16.1. The molecule has 10 rings (SSSR count). The SMILES string of the molecule is CC1(C)c2ccccc2-c2ccccc2C1(c1ccc(N(c2ccccc2)c2ccc3ccccc3c2)cc1)c1cccc2oc3ccccc3c12. The van der Waals surface area contributed by atoms with E-state index < -0.39 is 5.41 Å². The standard InChI is InChI=1S/C50H37NO/c1-49(2)43-22-11-8-19-40(43)41-20-9-12-23-44(41)50(49,45-24-14-26-47-48(45)42-21-10-13-25-46(42)52-47)36-28-31-38(32-29-36)51(37-17-4-3-5-18-37)39-30-27-34-15-6-7-16-35(34)33-39/h3-33H,1-2H3. The predicted octanol–water partition coefficient (Wildman–Crippen LogP) is 13.5. The first kappa shape index (κ1) is 30.4. The molecular weight excluding hydrogens is 631 g/mol. The van der Waals surface area contributed by atoms with Gasteiger partial charge in [0.05, 0.1) is 5.41 Å². The Morgan fingerprint density at radius 1 is 0.423 bits per heavy atom. The number of benzene rings is 8. The third-order valence-corrected chi connectivity index (χ3v) is 11.5. The molecule has 8 aromatic carbocycles. The Bertz CT molecular complexity index is 2770. The first-order chi connectivity index (χ1) is 25.6. The second-order valence-corrected chi connectivity index (χ2v) is 14.5. The van der Waals surface area contributed by atoms with Crippen molar-refractivity contribution in [3.05, 3.63) is 210 Å². The van der Waals surface area contributed by atoms with E-state index in [1.807, 2.05) is 0 Å². The van der Waals surface area contributed by atoms with Crippen molar-refractivity contribution in [1.29, 1.82) is 0 Å². The number of hydrogen-bond acceptors (Lipinski definition) is 2. The van der Waals surface area contributed by atoms with Crippen LogP contribution < -0.4 is 4.90 Å². The zero-order chi connectivity index (χ0) is 34.9. The summed E-state index contributed by atoms with van der Waals surface area (Å²) in [5.74, 6) is 0. The molecule has 0 amide bonds. The molecule has 1 heterocycles. The average molecular weight is 668 g/mol. The summed E-state index contributed by atoms with van der Waals surface area (Å²) in [6, 6.07) is 68.5. The van der Waals surface area contributed by atoms with Crippen molar-refractivity contribution >= 4 is 49.8 Å². The highest BCUT2D eigenvalue weighted by Crippen LogP contribution is 2.61. The van der Waals surface area contributed by atoms with Gasteiger partial charge in [0.15, 0.2) is 0 Å². The van der Waals surface area contributed by atoms with E-state index in [9.17, 15) is 0 Å². The lowest BCUT2D eigenvalue weighted by Crippen LogP contribution is -2.50. The summed E-state index contributed by atoms with van der Waals surface area (Å²) in [5.41, 5.74) is 12.0. The molecule has 0 saturated heterocycles. The number of nitrogens with zero attached hydrogens (tertiary/aromatic N) is 1. The summed E-state index contributed by atoms with van der Waals surface area (Å²) in [6.07, 6.45) is 0. The van der Waals surface area contributed by atoms with E-state index in [0.717, 1.165) is 33.6 Å². The van der Waals surface area contributed by atoms with Gasteiger partial charge in [-0.1, -0.05) is 153 Å². The van der Waals surface area contributed by atoms with Crippen molar-refractivity contribution in [2.24, 2.45) is 0 Å². The third-order valence-electron chi connectivity index (χ3n) is 11.5. The Hall–Kier alpha value is -6.38. The molecule has 9 aromatic rings. The van der Waals surface area contributed by atoms with Crippen LogP contribution in [-0.4, -0.2) is 0 Å². The van der Waals surface area contributed by atoms with Gasteiger partial charge in [-0.05, 0) is 92.7 Å². The molecule has 0 N–H and O–H groups in total. The van der Waals surface area contributed by atoms with Crippen molar-refractivity contribution < 1.29 is 4.42 Å². The highest BCUT2D eigenvalue weighted by atomic mass is 16.3. The van der Waals surface area contributed by atoms with E-state index in [2.05, 4.69) is 207 Å². The molecule has 1 aliphatic carbocycles. The zero-order valence-corrected chi connectivity index (χ0v) is 29.3. The summed E-state index contributed by atoms with van der Waals surface area (Å²) < 4.78 is 6.56. The Balaban J connectivity index is 1.26. The number of fused-ring (bicyclic) bond motifs is 7. The first-order valence-corrected chi connectivity index (χ1v) is 18.1. The summed E-state index contributed by atoms with van der Waals surface area (Å²) in [7, 11) is 0. The van der Waals surface area contributed by atoms with Crippen LogP contribution in [0.5, 0.6) is 0 Å². The Morgan fingerprint density at radius 3 is 1.81 bits per heavy atom. The van der Waals surface area contributed by atoms with Gasteiger partial charge >= 0.3 is 0 Å². The van der Waals surface area contributed by atoms with Gasteiger partial charge in [-0.15, -0.1) is 0 Å². The molecule has 1 atom stereocenters. The minimum atomic E-state index is -0.566. The minimum absolute atomic E-state index is 0.358. The van der Waals surface area contributed by atoms with Crippen LogP contribution in [0.15, 0.2) is 192 Å². The highest BCUT2D eigenvalue weighted by molar-refractivity contribution is 6.08. The summed E-state index contributed by atoms with van der Waals surface area (Å²) in [5, 5.41) is 4.77. The molecule has 0 saturated carbocycles. The van der Waals surface area contributed by atoms with Gasteiger partial charge < -0.3 is 9.32 Å². The van der Waals surface area contributed by atoms with Crippen molar-refractivity contribution in [1.82, 2.24) is 0 Å². The predicted molar refractivity (Wildman–Crippen MR) is 217 cm³/mol. The van der Waals surface area contributed by atoms with E-state index in [0.29, 0.717) is 0 Å². The summed E-state index contributed by atoms with van der Waals surface area (Å²) in [4.78, 5) is 2.36. The average Bonchev–Trinajstić information content (AvgIpc) is 3.58. The van der Waals surface area contributed by atoms with Crippen molar-refractivity contribution in [2.45, 2.75) is 24.7 Å². The Labute approximate surface area is 304 Å². The molecule has 1 aromatic heterocycles. The maximum Gasteiger partial charge on any atom is 0.135 e. The molecule has 1 aliphatic rings. The third kappa shape index (κ3) is 4.31. The molecule has 2 nitrogen and oxygen atoms in total. The lowest BCUT2D eigenvalue weighted by molar-refractivity contribution is 0.355. The number of furan rings is 1. The second-order valence-electron chi connectivity index (χ2n) is 14.5. The van der Waals surface area contributed by atoms with E-state index >= 15 is 0 Å². The highest BCUT2D eigenvalue weighted by Gasteiger charge is 2.55. The molecule has 0 fully saturated rings. The fraction of sp³-hybridized carbons (Fsp3) is 0.0800. The van der Waals surface area contributed by atoms with Gasteiger partial charge in [-0.25, -0.2) is 0 Å². The number of hydrogen-bond donors (Lipinski definition) is 0. The van der Waals surface area contributed by atoms with E-state index in [4.69, 9.17) is 4.42 Å². The molecule has 0 radical (unpaired) electrons. The van der Waals surface area contributed by atoms with Gasteiger partial charge in [0.25, 0.3) is 0 Å². The molecular formula is C50H37NO. The number of rotatable bonds is 5. The topological polar surface area (TPSA) is 16.4 Å². The smallest absolute Gasteiger partial charge is 0.135 e. The molecule has 52 heavy (non-hydrogen) atoms. The van der Waals surface area contributed by atoms with Crippen molar-refractivity contribution in [3.8, 4) is 11.1 Å². The lowest BCUT2D eigenvalue weighted by atomic mass is 9.48. The number of para-hydroxylation sites is 2. The molecule has 0 aliphatic heterocycles. The molecule has 248 valence electrons. The van der Waals surface area contributed by atoms with Crippen molar-refractivity contribution in [2.75, 3.05) is 4.90 Å². The summed E-state index contributed by atoms with van der Waals surface area (Å²) >= 11 is 0. The van der Waals surface area contributed by atoms with Crippen molar-refractivity contribution in [3.63, 3.8) is 0 Å². The Kier molecular flexibility index (Phi) is 6.78. The Morgan fingerprint density at radius 2 is 1.00 bits per heavy atom. The van der Waals surface area contributed by atoms with Gasteiger partial charge in [-0.3, -0.25) is 0 Å². The maximum atomic E-state index is 6.56. The van der Waals surface area contributed by atoms with E-state index in [1.165, 1.54) is 49.5 Å². The van der Waals surface area contributed by atoms with E-state index in [1.54, 1.807) is 0 Å². The quantitative estimate of drug-likeness (QED) is 0.182. The molecule has 0 bridgehead atoms. The monoisotopic (exact) mass is 667 g/mol. The largest absolute Gasteiger partial charge is 0.456 e. The molecule has 1 unspecified atom stereocenters. The lowest BCUT2D eigenvalue weighted by Gasteiger charge is -2.53. The van der Waals surface area contributed by atoms with Crippen LogP contribution in [0.2, 0.25) is 0 Å².